The highest BCUT2D eigenvalue weighted by atomic mass is 35.5. The molecule has 1 aliphatic heterocycles. The summed E-state index contributed by atoms with van der Waals surface area (Å²) >= 11 is 12.8. The number of aryl methyl sites for hydroxylation is 1. The number of aliphatic imine (C=N–C) groups is 1. The quantitative estimate of drug-likeness (QED) is 0.550. The summed E-state index contributed by atoms with van der Waals surface area (Å²) in [5.74, 6) is 0.765. The van der Waals surface area contributed by atoms with Crippen LogP contribution >= 0.6 is 23.2 Å². The molecule has 1 unspecified atom stereocenters. The van der Waals surface area contributed by atoms with Crippen LogP contribution in [0.4, 0.5) is 5.69 Å². The van der Waals surface area contributed by atoms with Crippen molar-refractivity contribution in [1.29, 1.82) is 0 Å². The Morgan fingerprint density at radius 2 is 1.68 bits per heavy atom. The number of nitrogens with zero attached hydrogens (tertiary/aromatic N) is 1. The number of guanidine groups is 1. The van der Waals surface area contributed by atoms with Crippen LogP contribution in [0.3, 0.4) is 0 Å². The van der Waals surface area contributed by atoms with Crippen molar-refractivity contribution in [2.24, 2.45) is 4.99 Å². The minimum atomic E-state index is -0.112. The fraction of sp³-hybridized carbons (Fsp3) is 0.174. The van der Waals surface area contributed by atoms with Crippen molar-refractivity contribution in [3.05, 3.63) is 99.0 Å². The second-order valence-corrected chi connectivity index (χ2v) is 8.04. The number of hydrogen-bond acceptors (Lipinski definition) is 3. The van der Waals surface area contributed by atoms with Gasteiger partial charge in [0.25, 0.3) is 0 Å². The molecule has 0 amide bonds. The van der Waals surface area contributed by atoms with E-state index in [0.717, 1.165) is 35.6 Å². The molecule has 1 heterocycles. The third kappa shape index (κ3) is 3.15. The number of nitrogens with one attached hydrogen (secondary N) is 2. The predicted octanol–water partition coefficient (Wildman–Crippen LogP) is 5.95. The average Bonchev–Trinajstić information content (AvgIpc) is 3.12. The van der Waals surface area contributed by atoms with E-state index in [4.69, 9.17) is 28.2 Å². The van der Waals surface area contributed by atoms with E-state index in [1.807, 2.05) is 36.4 Å². The summed E-state index contributed by atoms with van der Waals surface area (Å²) in [6, 6.07) is 22.5. The third-order valence-corrected chi connectivity index (χ3v) is 6.05. The first-order valence-corrected chi connectivity index (χ1v) is 10.2. The molecule has 0 aromatic heterocycles. The Bertz CT molecular complexity index is 1080. The van der Waals surface area contributed by atoms with Gasteiger partial charge in [0.15, 0.2) is 5.96 Å². The van der Waals surface area contributed by atoms with Crippen LogP contribution in [0.1, 0.15) is 40.8 Å². The number of halogens is 2. The molecule has 0 saturated carbocycles. The summed E-state index contributed by atoms with van der Waals surface area (Å²) in [6.45, 7) is 0. The lowest BCUT2D eigenvalue weighted by atomic mass is 9.96. The first-order chi connectivity index (χ1) is 13.7. The van der Waals surface area contributed by atoms with Crippen molar-refractivity contribution >= 4 is 34.8 Å². The predicted molar refractivity (Wildman–Crippen MR) is 116 cm³/mol. The van der Waals surface area contributed by atoms with Gasteiger partial charge < -0.3 is 10.6 Å². The maximum Gasteiger partial charge on any atom is 0.197 e. The summed E-state index contributed by atoms with van der Waals surface area (Å²) in [4.78, 5) is 4.83. The molecule has 0 fully saturated rings. The Labute approximate surface area is 174 Å². The lowest BCUT2D eigenvalue weighted by Crippen LogP contribution is -2.43. The zero-order valence-electron chi connectivity index (χ0n) is 15.1. The molecule has 28 heavy (non-hydrogen) atoms. The van der Waals surface area contributed by atoms with Crippen molar-refractivity contribution in [2.75, 3.05) is 0 Å². The van der Waals surface area contributed by atoms with Crippen molar-refractivity contribution in [1.82, 2.24) is 10.6 Å². The Balaban J connectivity index is 1.51. The van der Waals surface area contributed by atoms with Crippen LogP contribution in [0, 0.1) is 0 Å². The molecular weight excluding hydrogens is 389 g/mol. The molecule has 3 aromatic rings. The van der Waals surface area contributed by atoms with Crippen LogP contribution in [0.25, 0.3) is 0 Å². The highest BCUT2D eigenvalue weighted by molar-refractivity contribution is 6.33. The Kier molecular flexibility index (Phi) is 4.50. The maximum absolute atomic E-state index is 6.52. The molecule has 0 spiro atoms. The van der Waals surface area contributed by atoms with Crippen molar-refractivity contribution in [2.45, 2.75) is 24.9 Å². The standard InChI is InChI=1S/C23H19Cl2N3/c24-15-10-11-19(25)18(13-15)22-17-7-3-4-8-20(17)26-23(28-22)27-21-12-9-14-5-1-2-6-16(14)21/h1-8,10-11,13,21-22H,9,12H2,(H2,26,27,28)/t21?,22-/m0/s1. The normalized spacial score (nSPS) is 20.0. The zero-order chi connectivity index (χ0) is 19.1. The van der Waals surface area contributed by atoms with Gasteiger partial charge in [-0.3, -0.25) is 0 Å². The smallest absolute Gasteiger partial charge is 0.197 e. The first kappa shape index (κ1) is 17.6. The van der Waals surface area contributed by atoms with Gasteiger partial charge in [-0.05, 0) is 53.8 Å². The van der Waals surface area contributed by atoms with Gasteiger partial charge in [0.1, 0.15) is 0 Å². The van der Waals surface area contributed by atoms with Crippen molar-refractivity contribution < 1.29 is 0 Å². The molecule has 2 aliphatic rings. The van der Waals surface area contributed by atoms with Crippen LogP contribution in [0.15, 0.2) is 71.7 Å². The van der Waals surface area contributed by atoms with Crippen molar-refractivity contribution in [3.63, 3.8) is 0 Å². The molecule has 2 atom stereocenters. The van der Waals surface area contributed by atoms with E-state index in [0.29, 0.717) is 10.0 Å². The number of para-hydroxylation sites is 1. The van der Waals surface area contributed by atoms with E-state index < -0.39 is 0 Å². The number of benzene rings is 3. The molecule has 5 heteroatoms. The molecule has 140 valence electrons. The lowest BCUT2D eigenvalue weighted by molar-refractivity contribution is 0.607. The Hall–Kier alpha value is -2.49. The van der Waals surface area contributed by atoms with Gasteiger partial charge in [0, 0.05) is 15.6 Å². The largest absolute Gasteiger partial charge is 0.349 e. The van der Waals surface area contributed by atoms with E-state index in [1.54, 1.807) is 0 Å². The summed E-state index contributed by atoms with van der Waals surface area (Å²) in [5, 5.41) is 8.51. The number of rotatable bonds is 2. The molecule has 3 aromatic carbocycles. The fourth-order valence-corrected chi connectivity index (χ4v) is 4.54. The van der Waals surface area contributed by atoms with E-state index in [1.165, 1.54) is 11.1 Å². The van der Waals surface area contributed by atoms with Gasteiger partial charge >= 0.3 is 0 Å². The SMILES string of the molecule is Clc1ccc(Cl)c([C@H]2NC(NC3CCc4ccccc43)=Nc3ccccc32)c1. The molecule has 5 rings (SSSR count). The lowest BCUT2D eigenvalue weighted by Gasteiger charge is -2.30. The molecule has 3 nitrogen and oxygen atoms in total. The third-order valence-electron chi connectivity index (χ3n) is 5.47. The van der Waals surface area contributed by atoms with Crippen LogP contribution in [-0.4, -0.2) is 5.96 Å². The van der Waals surface area contributed by atoms with Gasteiger partial charge in [0.2, 0.25) is 0 Å². The molecule has 0 radical (unpaired) electrons. The van der Waals surface area contributed by atoms with Crippen LogP contribution in [0.2, 0.25) is 10.0 Å². The summed E-state index contributed by atoms with van der Waals surface area (Å²) < 4.78 is 0. The number of fused-ring (bicyclic) bond motifs is 2. The van der Waals surface area contributed by atoms with Crippen LogP contribution in [0.5, 0.6) is 0 Å². The monoisotopic (exact) mass is 407 g/mol. The van der Waals surface area contributed by atoms with E-state index in [2.05, 4.69) is 41.0 Å². The minimum Gasteiger partial charge on any atom is -0.349 e. The van der Waals surface area contributed by atoms with E-state index in [-0.39, 0.29) is 12.1 Å². The summed E-state index contributed by atoms with van der Waals surface area (Å²) in [5.41, 5.74) is 5.73. The zero-order valence-corrected chi connectivity index (χ0v) is 16.6. The summed E-state index contributed by atoms with van der Waals surface area (Å²) in [7, 11) is 0. The Morgan fingerprint density at radius 3 is 2.57 bits per heavy atom. The molecule has 0 saturated heterocycles. The fourth-order valence-electron chi connectivity index (χ4n) is 4.13. The van der Waals surface area contributed by atoms with Gasteiger partial charge in [-0.25, -0.2) is 4.99 Å². The van der Waals surface area contributed by atoms with E-state index >= 15 is 0 Å². The van der Waals surface area contributed by atoms with Gasteiger partial charge in [0.05, 0.1) is 17.8 Å². The van der Waals surface area contributed by atoms with Gasteiger partial charge in [-0.15, -0.1) is 0 Å². The highest BCUT2D eigenvalue weighted by Crippen LogP contribution is 2.38. The Morgan fingerprint density at radius 1 is 0.893 bits per heavy atom. The van der Waals surface area contributed by atoms with E-state index in [9.17, 15) is 0 Å². The van der Waals surface area contributed by atoms with Crippen molar-refractivity contribution in [3.8, 4) is 0 Å². The highest BCUT2D eigenvalue weighted by Gasteiger charge is 2.28. The van der Waals surface area contributed by atoms with Gasteiger partial charge in [-0.1, -0.05) is 65.7 Å². The molecule has 2 N–H and O–H groups in total. The second-order valence-electron chi connectivity index (χ2n) is 7.20. The maximum atomic E-state index is 6.52. The minimum absolute atomic E-state index is 0.112. The topological polar surface area (TPSA) is 36.4 Å². The first-order valence-electron chi connectivity index (χ1n) is 9.42. The second kappa shape index (κ2) is 7.16. The average molecular weight is 408 g/mol. The molecule has 1 aliphatic carbocycles. The van der Waals surface area contributed by atoms with Crippen LogP contribution < -0.4 is 10.6 Å². The van der Waals surface area contributed by atoms with Crippen LogP contribution in [-0.2, 0) is 6.42 Å². The number of hydrogen-bond donors (Lipinski definition) is 2. The van der Waals surface area contributed by atoms with Gasteiger partial charge in [-0.2, -0.15) is 0 Å². The molecule has 0 bridgehead atoms. The summed E-state index contributed by atoms with van der Waals surface area (Å²) in [6.07, 6.45) is 2.14. The molecular formula is C23H19Cl2N3.